The van der Waals surface area contributed by atoms with E-state index in [-0.39, 0.29) is 23.4 Å². The predicted molar refractivity (Wildman–Crippen MR) is 55.2 cm³/mol. The van der Waals surface area contributed by atoms with E-state index in [1.54, 1.807) is 6.92 Å². The van der Waals surface area contributed by atoms with Crippen LogP contribution in [0.25, 0.3) is 5.65 Å². The third-order valence-electron chi connectivity index (χ3n) is 2.25. The molecule has 2 rings (SSSR count). The van der Waals surface area contributed by atoms with Crippen LogP contribution < -0.4 is 11.3 Å². The number of hydrogen-bond donors (Lipinski definition) is 1. The molecule has 0 saturated carbocycles. The molecule has 16 heavy (non-hydrogen) atoms. The lowest BCUT2D eigenvalue weighted by molar-refractivity contribution is 0.570. The number of pyridine rings is 1. The Bertz CT molecular complexity index is 621. The highest BCUT2D eigenvalue weighted by Gasteiger charge is 2.13. The Morgan fingerprint density at radius 1 is 1.50 bits per heavy atom. The fraction of sp³-hybridized carbons (Fsp3) is 0.200. The van der Waals surface area contributed by atoms with Crippen LogP contribution in [0.4, 0.5) is 14.5 Å². The van der Waals surface area contributed by atoms with Gasteiger partial charge in [-0.3, -0.25) is 9.20 Å². The van der Waals surface area contributed by atoms with Crippen molar-refractivity contribution in [3.05, 3.63) is 39.9 Å². The van der Waals surface area contributed by atoms with Gasteiger partial charge in [0.05, 0.1) is 11.4 Å². The van der Waals surface area contributed by atoms with Crippen molar-refractivity contribution < 1.29 is 8.78 Å². The van der Waals surface area contributed by atoms with Crippen molar-refractivity contribution >= 4 is 11.3 Å². The third kappa shape index (κ3) is 1.42. The maximum atomic E-state index is 13.5. The van der Waals surface area contributed by atoms with Crippen molar-refractivity contribution in [2.45, 2.75) is 13.3 Å². The predicted octanol–water partition coefficient (Wildman–Crippen LogP) is 1.12. The first kappa shape index (κ1) is 10.5. The summed E-state index contributed by atoms with van der Waals surface area (Å²) >= 11 is 0. The van der Waals surface area contributed by atoms with Gasteiger partial charge in [-0.2, -0.15) is 4.39 Å². The Kier molecular flexibility index (Phi) is 2.34. The number of nitrogens with two attached hydrogens (primary N) is 1. The summed E-state index contributed by atoms with van der Waals surface area (Å²) in [4.78, 5) is 15.3. The van der Waals surface area contributed by atoms with E-state index in [1.807, 2.05) is 0 Å². The van der Waals surface area contributed by atoms with E-state index in [9.17, 15) is 13.6 Å². The standard InChI is InChI=1S/C10H9F2N3O/c1-2-7-8(12)10(16)15-4-5(13)3-6(11)9(15)14-7/h3-4H,2,13H2,1H3. The zero-order valence-electron chi connectivity index (χ0n) is 8.50. The molecule has 2 heterocycles. The zero-order valence-corrected chi connectivity index (χ0v) is 8.50. The maximum Gasteiger partial charge on any atom is 0.294 e. The summed E-state index contributed by atoms with van der Waals surface area (Å²) < 4.78 is 27.7. The van der Waals surface area contributed by atoms with Crippen LogP contribution in [0.5, 0.6) is 0 Å². The van der Waals surface area contributed by atoms with Crippen LogP contribution in [0, 0.1) is 11.6 Å². The molecule has 0 aliphatic rings. The largest absolute Gasteiger partial charge is 0.397 e. The quantitative estimate of drug-likeness (QED) is 0.791. The smallest absolute Gasteiger partial charge is 0.294 e. The van der Waals surface area contributed by atoms with E-state index in [4.69, 9.17) is 5.73 Å². The van der Waals surface area contributed by atoms with Gasteiger partial charge < -0.3 is 5.73 Å². The number of fused-ring (bicyclic) bond motifs is 1. The van der Waals surface area contributed by atoms with Gasteiger partial charge in [0.15, 0.2) is 11.5 Å². The lowest BCUT2D eigenvalue weighted by atomic mass is 10.3. The van der Waals surface area contributed by atoms with Gasteiger partial charge in [-0.05, 0) is 6.42 Å². The maximum absolute atomic E-state index is 13.5. The fourth-order valence-corrected chi connectivity index (χ4v) is 1.48. The first-order valence-corrected chi connectivity index (χ1v) is 4.70. The molecule has 84 valence electrons. The van der Waals surface area contributed by atoms with E-state index in [0.717, 1.165) is 16.7 Å². The van der Waals surface area contributed by atoms with Crippen LogP contribution in [-0.2, 0) is 6.42 Å². The lowest BCUT2D eigenvalue weighted by Crippen LogP contribution is -2.22. The van der Waals surface area contributed by atoms with Gasteiger partial charge in [0.2, 0.25) is 5.82 Å². The number of aryl methyl sites for hydroxylation is 1. The topological polar surface area (TPSA) is 60.4 Å². The minimum absolute atomic E-state index is 0.0394. The van der Waals surface area contributed by atoms with E-state index >= 15 is 0 Å². The van der Waals surface area contributed by atoms with E-state index in [2.05, 4.69) is 4.98 Å². The summed E-state index contributed by atoms with van der Waals surface area (Å²) in [5.74, 6) is -1.71. The van der Waals surface area contributed by atoms with Gasteiger partial charge in [0.25, 0.3) is 5.56 Å². The summed E-state index contributed by atoms with van der Waals surface area (Å²) in [7, 11) is 0. The summed E-state index contributed by atoms with van der Waals surface area (Å²) in [6, 6.07) is 1.04. The van der Waals surface area contributed by atoms with Crippen LogP contribution in [0.3, 0.4) is 0 Å². The number of hydrogen-bond acceptors (Lipinski definition) is 3. The van der Waals surface area contributed by atoms with Crippen molar-refractivity contribution in [1.29, 1.82) is 0 Å². The molecule has 0 radical (unpaired) electrons. The van der Waals surface area contributed by atoms with Crippen LogP contribution in [0.2, 0.25) is 0 Å². The highest BCUT2D eigenvalue weighted by Crippen LogP contribution is 2.11. The summed E-state index contributed by atoms with van der Waals surface area (Å²) in [5, 5.41) is 0. The van der Waals surface area contributed by atoms with Crippen LogP contribution in [0.1, 0.15) is 12.6 Å². The molecule has 0 aliphatic heterocycles. The number of nitrogens with zero attached hydrogens (tertiary/aromatic N) is 2. The van der Waals surface area contributed by atoms with Gasteiger partial charge in [-0.25, -0.2) is 9.37 Å². The van der Waals surface area contributed by atoms with Crippen molar-refractivity contribution in [2.75, 3.05) is 5.73 Å². The molecule has 0 spiro atoms. The van der Waals surface area contributed by atoms with Crippen molar-refractivity contribution in [2.24, 2.45) is 0 Å². The first-order valence-electron chi connectivity index (χ1n) is 4.70. The molecule has 0 unspecified atom stereocenters. The van der Waals surface area contributed by atoms with E-state index in [1.165, 1.54) is 0 Å². The molecule has 2 aromatic rings. The zero-order chi connectivity index (χ0) is 11.9. The molecule has 2 aromatic heterocycles. The second kappa shape index (κ2) is 3.55. The second-order valence-corrected chi connectivity index (χ2v) is 3.35. The average Bonchev–Trinajstić information content (AvgIpc) is 2.24. The van der Waals surface area contributed by atoms with Gasteiger partial charge in [0, 0.05) is 12.3 Å². The summed E-state index contributed by atoms with van der Waals surface area (Å²) in [6.07, 6.45) is 1.37. The van der Waals surface area contributed by atoms with Crippen molar-refractivity contribution in [3.8, 4) is 0 Å². The number of anilines is 1. The van der Waals surface area contributed by atoms with Gasteiger partial charge >= 0.3 is 0 Å². The van der Waals surface area contributed by atoms with Gasteiger partial charge in [-0.15, -0.1) is 0 Å². The highest BCUT2D eigenvalue weighted by atomic mass is 19.1. The molecule has 4 nitrogen and oxygen atoms in total. The molecule has 0 amide bonds. The molecule has 0 aliphatic carbocycles. The van der Waals surface area contributed by atoms with Gasteiger partial charge in [0.1, 0.15) is 0 Å². The number of nitrogen functional groups attached to an aromatic ring is 1. The normalized spacial score (nSPS) is 10.9. The molecule has 0 aromatic carbocycles. The average molecular weight is 225 g/mol. The van der Waals surface area contributed by atoms with E-state index in [0.29, 0.717) is 0 Å². The highest BCUT2D eigenvalue weighted by molar-refractivity contribution is 5.49. The third-order valence-corrected chi connectivity index (χ3v) is 2.25. The minimum Gasteiger partial charge on any atom is -0.397 e. The van der Waals surface area contributed by atoms with Crippen LogP contribution >= 0.6 is 0 Å². The lowest BCUT2D eigenvalue weighted by Gasteiger charge is -2.05. The second-order valence-electron chi connectivity index (χ2n) is 3.35. The Morgan fingerprint density at radius 2 is 2.19 bits per heavy atom. The molecular formula is C10H9F2N3O. The molecule has 0 bridgehead atoms. The SMILES string of the molecule is CCc1nc2c(F)cc(N)cn2c(=O)c1F. The van der Waals surface area contributed by atoms with Crippen molar-refractivity contribution in [3.63, 3.8) is 0 Å². The van der Waals surface area contributed by atoms with Crippen LogP contribution in [0.15, 0.2) is 17.1 Å². The first-order chi connectivity index (χ1) is 7.54. The Labute approximate surface area is 89.3 Å². The van der Waals surface area contributed by atoms with Crippen molar-refractivity contribution in [1.82, 2.24) is 9.38 Å². The summed E-state index contributed by atoms with van der Waals surface area (Å²) in [6.45, 7) is 1.64. The molecule has 0 saturated heterocycles. The van der Waals surface area contributed by atoms with E-state index < -0.39 is 17.2 Å². The minimum atomic E-state index is -0.968. The van der Waals surface area contributed by atoms with Crippen LogP contribution in [-0.4, -0.2) is 9.38 Å². The summed E-state index contributed by atoms with van der Waals surface area (Å²) in [5.41, 5.74) is 4.21. The number of rotatable bonds is 1. The molecule has 0 fully saturated rings. The Hall–Kier alpha value is -1.98. The Balaban J connectivity index is 2.99. The fourth-order valence-electron chi connectivity index (χ4n) is 1.48. The molecular weight excluding hydrogens is 216 g/mol. The monoisotopic (exact) mass is 225 g/mol. The number of halogens is 2. The molecule has 0 atom stereocenters. The molecule has 2 N–H and O–H groups in total. The number of aromatic nitrogens is 2. The molecule has 6 heteroatoms. The Morgan fingerprint density at radius 3 is 2.81 bits per heavy atom. The van der Waals surface area contributed by atoms with Gasteiger partial charge in [-0.1, -0.05) is 6.92 Å².